The Morgan fingerprint density at radius 2 is 1.71 bits per heavy atom. The van der Waals surface area contributed by atoms with Gasteiger partial charge in [0.05, 0.1) is 0 Å². The van der Waals surface area contributed by atoms with Crippen LogP contribution in [0.25, 0.3) is 0 Å². The van der Waals surface area contributed by atoms with Crippen LogP contribution in [-0.2, 0) is 25.6 Å². The van der Waals surface area contributed by atoms with Gasteiger partial charge in [0.15, 0.2) is 0 Å². The van der Waals surface area contributed by atoms with Crippen molar-refractivity contribution in [1.29, 1.82) is 0 Å². The zero-order valence-electron chi connectivity index (χ0n) is 14.7. The molecule has 0 aromatic heterocycles. The molecular weight excluding hydrogens is 308 g/mol. The van der Waals surface area contributed by atoms with Gasteiger partial charge in [-0.2, -0.15) is 0 Å². The smallest absolute Gasteiger partial charge is 0.253 e. The number of nitrogens with zero attached hydrogens (tertiary/aromatic N) is 1. The number of methoxy groups -OCH3 is 2. The molecule has 1 aliphatic carbocycles. The highest BCUT2D eigenvalue weighted by Gasteiger charge is 2.34. The number of anilines is 1. The number of hydrogen-bond acceptors (Lipinski definition) is 4. The number of carbonyl (C=O) groups excluding carboxylic acids is 2. The van der Waals surface area contributed by atoms with Crippen LogP contribution in [0.2, 0.25) is 0 Å². The van der Waals surface area contributed by atoms with Crippen LogP contribution < -0.4 is 5.32 Å². The molecule has 2 amide bonds. The molecule has 1 saturated carbocycles. The van der Waals surface area contributed by atoms with Gasteiger partial charge in [-0.1, -0.05) is 12.1 Å². The maximum Gasteiger partial charge on any atom is 0.253 e. The lowest BCUT2D eigenvalue weighted by atomic mass is 10.1. The second kappa shape index (κ2) is 8.26. The van der Waals surface area contributed by atoms with E-state index < -0.39 is 12.2 Å². The van der Waals surface area contributed by atoms with Crippen LogP contribution in [0.1, 0.15) is 32.3 Å². The Labute approximate surface area is 143 Å². The van der Waals surface area contributed by atoms with Gasteiger partial charge in [-0.15, -0.1) is 0 Å². The van der Waals surface area contributed by atoms with Gasteiger partial charge in [0, 0.05) is 32.5 Å². The second-order valence-corrected chi connectivity index (χ2v) is 6.14. The number of carbonyl (C=O) groups is 2. The minimum atomic E-state index is -0.497. The van der Waals surface area contributed by atoms with Crippen molar-refractivity contribution in [3.05, 3.63) is 29.8 Å². The summed E-state index contributed by atoms with van der Waals surface area (Å²) in [5.74, 6) is -0.166. The highest BCUT2D eigenvalue weighted by molar-refractivity contribution is 5.93. The summed E-state index contributed by atoms with van der Waals surface area (Å²) < 4.78 is 10.1. The highest BCUT2D eigenvalue weighted by atomic mass is 16.5. The second-order valence-electron chi connectivity index (χ2n) is 6.14. The number of nitrogens with one attached hydrogen (secondary N) is 1. The minimum absolute atomic E-state index is 0.0197. The molecule has 0 radical (unpaired) electrons. The maximum absolute atomic E-state index is 12.4. The molecule has 1 aromatic rings. The highest BCUT2D eigenvalue weighted by Crippen LogP contribution is 2.29. The molecule has 2 atom stereocenters. The summed E-state index contributed by atoms with van der Waals surface area (Å²) in [6.45, 7) is 4.02. The van der Waals surface area contributed by atoms with Crippen molar-refractivity contribution in [2.24, 2.45) is 0 Å². The Hall–Kier alpha value is -1.92. The summed E-state index contributed by atoms with van der Waals surface area (Å²) in [6.07, 6.45) is 1.17. The Morgan fingerprint density at radius 1 is 1.12 bits per heavy atom. The lowest BCUT2D eigenvalue weighted by Crippen LogP contribution is -2.39. The first-order chi connectivity index (χ1) is 11.5. The van der Waals surface area contributed by atoms with Crippen LogP contribution in [0, 0.1) is 0 Å². The van der Waals surface area contributed by atoms with Crippen molar-refractivity contribution < 1.29 is 19.1 Å². The Bertz CT molecular complexity index is 569. The lowest BCUT2D eigenvalue weighted by molar-refractivity contribution is -0.142. The van der Waals surface area contributed by atoms with E-state index in [1.165, 1.54) is 7.11 Å². The van der Waals surface area contributed by atoms with Gasteiger partial charge in [-0.3, -0.25) is 9.59 Å². The van der Waals surface area contributed by atoms with Crippen LogP contribution in [0.3, 0.4) is 0 Å². The van der Waals surface area contributed by atoms with Gasteiger partial charge in [0.1, 0.15) is 12.2 Å². The van der Waals surface area contributed by atoms with Crippen molar-refractivity contribution >= 4 is 17.5 Å². The molecule has 0 aliphatic heterocycles. The SMILES string of the molecule is CO[C@@H](C)C(=O)Nc1ccc(CN(C(=O)[C@H](C)OC)C2CC2)cc1. The largest absolute Gasteiger partial charge is 0.372 e. The van der Waals surface area contributed by atoms with E-state index in [0.717, 1.165) is 18.4 Å². The van der Waals surface area contributed by atoms with Crippen molar-refractivity contribution in [2.75, 3.05) is 19.5 Å². The topological polar surface area (TPSA) is 67.9 Å². The minimum Gasteiger partial charge on any atom is -0.372 e. The third kappa shape index (κ3) is 4.79. The third-order valence-corrected chi connectivity index (χ3v) is 4.27. The van der Waals surface area contributed by atoms with E-state index >= 15 is 0 Å². The predicted octanol–water partition coefficient (Wildman–Crippen LogP) is 2.19. The molecular formula is C18H26N2O4. The number of ether oxygens (including phenoxy) is 2. The zero-order valence-corrected chi connectivity index (χ0v) is 14.7. The standard InChI is InChI=1S/C18H26N2O4/c1-12(23-3)17(21)19-15-7-5-14(6-8-15)11-20(16-9-10-16)18(22)13(2)24-4/h5-8,12-13,16H,9-11H2,1-4H3,(H,19,21)/t12-,13-/m0/s1. The summed E-state index contributed by atoms with van der Waals surface area (Å²) in [6, 6.07) is 7.84. The number of rotatable bonds is 8. The molecule has 1 aromatic carbocycles. The molecule has 1 N–H and O–H groups in total. The summed E-state index contributed by atoms with van der Waals surface area (Å²) in [5, 5.41) is 2.79. The fraction of sp³-hybridized carbons (Fsp3) is 0.556. The quantitative estimate of drug-likeness (QED) is 0.791. The monoisotopic (exact) mass is 334 g/mol. The summed E-state index contributed by atoms with van der Waals surface area (Å²) >= 11 is 0. The molecule has 2 rings (SSSR count). The van der Waals surface area contributed by atoms with E-state index in [1.54, 1.807) is 21.0 Å². The fourth-order valence-electron chi connectivity index (χ4n) is 2.35. The normalized spacial score (nSPS) is 16.3. The van der Waals surface area contributed by atoms with Gasteiger partial charge >= 0.3 is 0 Å². The molecule has 0 unspecified atom stereocenters. The Morgan fingerprint density at radius 3 is 2.21 bits per heavy atom. The van der Waals surface area contributed by atoms with E-state index in [2.05, 4.69) is 5.32 Å². The zero-order chi connectivity index (χ0) is 17.7. The average molecular weight is 334 g/mol. The molecule has 6 nitrogen and oxygen atoms in total. The van der Waals surface area contributed by atoms with E-state index in [4.69, 9.17) is 9.47 Å². The molecule has 1 fully saturated rings. The van der Waals surface area contributed by atoms with Gasteiger partial charge in [-0.25, -0.2) is 0 Å². The number of hydrogen-bond donors (Lipinski definition) is 1. The van der Waals surface area contributed by atoms with Crippen LogP contribution in [0.15, 0.2) is 24.3 Å². The van der Waals surface area contributed by atoms with Crippen LogP contribution in [0.4, 0.5) is 5.69 Å². The molecule has 0 heterocycles. The first-order valence-corrected chi connectivity index (χ1v) is 8.22. The third-order valence-electron chi connectivity index (χ3n) is 4.27. The fourth-order valence-corrected chi connectivity index (χ4v) is 2.35. The maximum atomic E-state index is 12.4. The summed E-state index contributed by atoms with van der Waals surface area (Å²) in [4.78, 5) is 26.1. The van der Waals surface area contributed by atoms with Crippen molar-refractivity contribution in [3.8, 4) is 0 Å². The molecule has 0 spiro atoms. The van der Waals surface area contributed by atoms with Crippen molar-refractivity contribution in [2.45, 2.75) is 51.5 Å². The van der Waals surface area contributed by atoms with E-state index in [-0.39, 0.29) is 11.8 Å². The van der Waals surface area contributed by atoms with Gasteiger partial charge in [-0.05, 0) is 44.4 Å². The molecule has 132 valence electrons. The molecule has 6 heteroatoms. The van der Waals surface area contributed by atoms with E-state index in [1.807, 2.05) is 29.2 Å². The van der Waals surface area contributed by atoms with Crippen molar-refractivity contribution in [3.63, 3.8) is 0 Å². The predicted molar refractivity (Wildman–Crippen MR) is 91.6 cm³/mol. The van der Waals surface area contributed by atoms with Gasteiger partial charge < -0.3 is 19.7 Å². The van der Waals surface area contributed by atoms with Crippen LogP contribution >= 0.6 is 0 Å². The van der Waals surface area contributed by atoms with Gasteiger partial charge in [0.2, 0.25) is 0 Å². The number of amides is 2. The molecule has 0 bridgehead atoms. The van der Waals surface area contributed by atoms with Crippen LogP contribution in [-0.4, -0.2) is 49.2 Å². The number of benzene rings is 1. The van der Waals surface area contributed by atoms with Crippen molar-refractivity contribution in [1.82, 2.24) is 4.90 Å². The van der Waals surface area contributed by atoms with E-state index in [0.29, 0.717) is 18.3 Å². The van der Waals surface area contributed by atoms with Gasteiger partial charge in [0.25, 0.3) is 11.8 Å². The average Bonchev–Trinajstić information content (AvgIpc) is 3.43. The lowest BCUT2D eigenvalue weighted by Gasteiger charge is -2.25. The van der Waals surface area contributed by atoms with E-state index in [9.17, 15) is 9.59 Å². The molecule has 0 saturated heterocycles. The molecule has 1 aliphatic rings. The first kappa shape index (κ1) is 18.4. The molecule has 24 heavy (non-hydrogen) atoms. The van der Waals surface area contributed by atoms with Crippen LogP contribution in [0.5, 0.6) is 0 Å². The Balaban J connectivity index is 1.99. The first-order valence-electron chi connectivity index (χ1n) is 8.22. The summed E-state index contributed by atoms with van der Waals surface area (Å²) in [5.41, 5.74) is 1.73. The summed E-state index contributed by atoms with van der Waals surface area (Å²) in [7, 11) is 3.05. The Kier molecular flexibility index (Phi) is 6.34.